The number of hydrogen-bond acceptors (Lipinski definition) is 6. The summed E-state index contributed by atoms with van der Waals surface area (Å²) in [5, 5.41) is 0.401. The molecule has 1 saturated heterocycles. The van der Waals surface area contributed by atoms with Crippen LogP contribution >= 0.6 is 35.1 Å². The van der Waals surface area contributed by atoms with Crippen molar-refractivity contribution in [2.24, 2.45) is 0 Å². The number of furan rings is 1. The molecule has 0 saturated carbocycles. The molecular formula is C18H18ClNO4S2. The van der Waals surface area contributed by atoms with Crippen LogP contribution in [0.4, 0.5) is 0 Å². The zero-order valence-corrected chi connectivity index (χ0v) is 16.5. The number of carbonyl (C=O) groups excluding carboxylic acids is 2. The molecule has 2 aromatic rings. The number of halogens is 1. The molecule has 2 heterocycles. The Morgan fingerprint density at radius 3 is 2.77 bits per heavy atom. The number of hydrogen-bond donors (Lipinski definition) is 0. The number of carbonyl (C=O) groups is 2. The lowest BCUT2D eigenvalue weighted by molar-refractivity contribution is -0.153. The molecule has 0 spiro atoms. The highest BCUT2D eigenvalue weighted by molar-refractivity contribution is 7.99. The second-order valence-electron chi connectivity index (χ2n) is 5.61. The van der Waals surface area contributed by atoms with Crippen molar-refractivity contribution in [1.29, 1.82) is 0 Å². The molecule has 0 aliphatic carbocycles. The number of amides is 1. The van der Waals surface area contributed by atoms with Crippen LogP contribution in [0.2, 0.25) is 5.02 Å². The number of benzene rings is 1. The lowest BCUT2D eigenvalue weighted by Crippen LogP contribution is -2.42. The Morgan fingerprint density at radius 1 is 1.35 bits per heavy atom. The molecule has 0 unspecified atom stereocenters. The first-order chi connectivity index (χ1) is 12.6. The fourth-order valence-corrected chi connectivity index (χ4v) is 4.92. The van der Waals surface area contributed by atoms with Crippen molar-refractivity contribution >= 4 is 47.0 Å². The largest absolute Gasteiger partial charge is 0.466 e. The lowest BCUT2D eigenvalue weighted by atomic mass is 10.2. The van der Waals surface area contributed by atoms with E-state index in [2.05, 4.69) is 0 Å². The van der Waals surface area contributed by atoms with Crippen molar-refractivity contribution in [3.05, 3.63) is 53.4 Å². The molecule has 138 valence electrons. The fourth-order valence-electron chi connectivity index (χ4n) is 2.65. The van der Waals surface area contributed by atoms with Crippen molar-refractivity contribution in [2.45, 2.75) is 23.2 Å². The highest BCUT2D eigenvalue weighted by atomic mass is 35.5. The van der Waals surface area contributed by atoms with E-state index in [9.17, 15) is 9.59 Å². The fraction of sp³-hybridized carbons (Fsp3) is 0.333. The Bertz CT molecular complexity index is 751. The third-order valence-electron chi connectivity index (χ3n) is 3.83. The van der Waals surface area contributed by atoms with Gasteiger partial charge in [0.25, 0.3) is 0 Å². The van der Waals surface area contributed by atoms with E-state index >= 15 is 0 Å². The molecular weight excluding hydrogens is 394 g/mol. The van der Waals surface area contributed by atoms with E-state index in [1.165, 1.54) is 23.6 Å². The average Bonchev–Trinajstić information content (AvgIpc) is 3.29. The Kier molecular flexibility index (Phi) is 6.56. The van der Waals surface area contributed by atoms with Crippen molar-refractivity contribution in [1.82, 2.24) is 4.90 Å². The molecule has 1 fully saturated rings. The molecule has 1 aromatic heterocycles. The predicted octanol–water partition coefficient (Wildman–Crippen LogP) is 4.23. The summed E-state index contributed by atoms with van der Waals surface area (Å²) >= 11 is 8.94. The third-order valence-corrected chi connectivity index (χ3v) is 6.34. The first-order valence-corrected chi connectivity index (χ1v) is 10.5. The molecule has 0 radical (unpaired) electrons. The zero-order chi connectivity index (χ0) is 18.5. The molecule has 26 heavy (non-hydrogen) atoms. The zero-order valence-electron chi connectivity index (χ0n) is 14.1. The molecule has 1 aliphatic heterocycles. The molecule has 3 rings (SSSR count). The molecule has 1 amide bonds. The van der Waals surface area contributed by atoms with Gasteiger partial charge >= 0.3 is 5.97 Å². The van der Waals surface area contributed by atoms with Gasteiger partial charge in [-0.15, -0.1) is 23.5 Å². The van der Waals surface area contributed by atoms with Crippen LogP contribution in [0, 0.1) is 0 Å². The third kappa shape index (κ3) is 4.58. The average molecular weight is 412 g/mol. The second-order valence-corrected chi connectivity index (χ2v) is 8.33. The van der Waals surface area contributed by atoms with Crippen LogP contribution in [0.3, 0.4) is 0 Å². The number of ether oxygens (including phenoxy) is 1. The molecule has 5 nitrogen and oxygen atoms in total. The number of thioether (sulfide) groups is 2. The number of esters is 1. The van der Waals surface area contributed by atoms with Crippen LogP contribution in [0.1, 0.15) is 18.1 Å². The Hall–Kier alpha value is -1.57. The van der Waals surface area contributed by atoms with Crippen LogP contribution < -0.4 is 0 Å². The second kappa shape index (κ2) is 8.88. The van der Waals surface area contributed by atoms with E-state index in [4.69, 9.17) is 20.8 Å². The molecule has 1 aromatic carbocycles. The lowest BCUT2D eigenvalue weighted by Gasteiger charge is -2.25. The van der Waals surface area contributed by atoms with Gasteiger partial charge in [0.15, 0.2) is 0 Å². The van der Waals surface area contributed by atoms with Crippen molar-refractivity contribution in [3.8, 4) is 0 Å². The minimum absolute atomic E-state index is 0.172. The van der Waals surface area contributed by atoms with E-state index in [-0.39, 0.29) is 23.9 Å². The molecule has 2 atom stereocenters. The predicted molar refractivity (Wildman–Crippen MR) is 103 cm³/mol. The molecule has 0 bridgehead atoms. The van der Waals surface area contributed by atoms with Gasteiger partial charge in [-0.2, -0.15) is 0 Å². The van der Waals surface area contributed by atoms with Crippen molar-refractivity contribution in [3.63, 3.8) is 0 Å². The van der Waals surface area contributed by atoms with Gasteiger partial charge in [0, 0.05) is 28.3 Å². The molecule has 8 heteroatoms. The summed E-state index contributed by atoms with van der Waals surface area (Å²) in [4.78, 5) is 27.1. The number of rotatable bonds is 6. The quantitative estimate of drug-likeness (QED) is 0.402. The van der Waals surface area contributed by atoms with E-state index < -0.39 is 6.04 Å². The van der Waals surface area contributed by atoms with E-state index in [0.29, 0.717) is 22.3 Å². The highest BCUT2D eigenvalue weighted by Crippen LogP contribution is 2.41. The van der Waals surface area contributed by atoms with E-state index in [0.717, 1.165) is 4.90 Å². The molecule has 1 aliphatic rings. The monoisotopic (exact) mass is 411 g/mol. The van der Waals surface area contributed by atoms with Gasteiger partial charge in [0.2, 0.25) is 5.91 Å². The Balaban J connectivity index is 1.52. The smallest absolute Gasteiger partial charge is 0.329 e. The minimum Gasteiger partial charge on any atom is -0.466 e. The summed E-state index contributed by atoms with van der Waals surface area (Å²) in [6.45, 7) is 1.74. The van der Waals surface area contributed by atoms with Gasteiger partial charge in [-0.25, -0.2) is 4.79 Å². The summed E-state index contributed by atoms with van der Waals surface area (Å²) in [6, 6.07) is 10.5. The van der Waals surface area contributed by atoms with E-state index in [1.54, 1.807) is 24.1 Å². The van der Waals surface area contributed by atoms with Gasteiger partial charge in [0.05, 0.1) is 6.26 Å². The van der Waals surface area contributed by atoms with Crippen LogP contribution in [0.5, 0.6) is 0 Å². The van der Waals surface area contributed by atoms with E-state index in [1.807, 2.05) is 30.3 Å². The van der Waals surface area contributed by atoms with Crippen molar-refractivity contribution < 1.29 is 18.7 Å². The van der Waals surface area contributed by atoms with Crippen LogP contribution in [-0.4, -0.2) is 40.9 Å². The maximum atomic E-state index is 12.4. The Morgan fingerprint density at radius 2 is 2.12 bits per heavy atom. The minimum atomic E-state index is -0.590. The van der Waals surface area contributed by atoms with Gasteiger partial charge < -0.3 is 14.1 Å². The summed E-state index contributed by atoms with van der Waals surface area (Å²) in [5.74, 6) is 1.24. The van der Waals surface area contributed by atoms with Crippen molar-refractivity contribution in [2.75, 3.05) is 18.1 Å². The van der Waals surface area contributed by atoms with Crippen LogP contribution in [-0.2, 0) is 14.3 Å². The highest BCUT2D eigenvalue weighted by Gasteiger charge is 2.43. The topological polar surface area (TPSA) is 59.8 Å². The van der Waals surface area contributed by atoms with Gasteiger partial charge in [-0.05, 0) is 36.4 Å². The first-order valence-electron chi connectivity index (χ1n) is 8.05. The summed E-state index contributed by atoms with van der Waals surface area (Å²) < 4.78 is 10.8. The van der Waals surface area contributed by atoms with Gasteiger partial charge in [-0.1, -0.05) is 11.6 Å². The molecule has 0 N–H and O–H groups in total. The number of nitrogens with zero attached hydrogens (tertiary/aromatic N) is 1. The summed E-state index contributed by atoms with van der Waals surface area (Å²) in [7, 11) is 0. The van der Waals surface area contributed by atoms with Crippen LogP contribution in [0.25, 0.3) is 0 Å². The SMILES string of the molecule is CC(=O)N1[C@@H](C(=O)OCCSc2ccc(Cl)cc2)CS[C@H]1c1ccco1. The maximum absolute atomic E-state index is 12.4. The summed E-state index contributed by atoms with van der Waals surface area (Å²) in [5.41, 5.74) is 0. The standard InChI is InChI=1S/C18H18ClNO4S2/c1-12(21)20-15(11-26-17(20)16-3-2-8-23-16)18(22)24-9-10-25-14-6-4-13(19)5-7-14/h2-8,15,17H,9-11H2,1H3/t15-,17+/m1/s1. The van der Waals surface area contributed by atoms with Crippen LogP contribution in [0.15, 0.2) is 52.0 Å². The van der Waals surface area contributed by atoms with Gasteiger partial charge in [0.1, 0.15) is 23.8 Å². The first kappa shape index (κ1) is 19.2. The normalized spacial score (nSPS) is 19.5. The summed E-state index contributed by atoms with van der Waals surface area (Å²) in [6.07, 6.45) is 1.56. The van der Waals surface area contributed by atoms with Gasteiger partial charge in [-0.3, -0.25) is 4.79 Å². The Labute approximate surface area is 165 Å². The maximum Gasteiger partial charge on any atom is 0.329 e.